The number of halogens is 1. The van der Waals surface area contributed by atoms with Crippen molar-refractivity contribution in [2.45, 2.75) is 6.54 Å². The first kappa shape index (κ1) is 21.2. The maximum absolute atomic E-state index is 11.9. The molecule has 166 valence electrons. The highest BCUT2D eigenvalue weighted by atomic mass is 35.5. The number of nitrogens with zero attached hydrogens (tertiary/aromatic N) is 3. The van der Waals surface area contributed by atoms with Gasteiger partial charge in [0.2, 0.25) is 18.4 Å². The summed E-state index contributed by atoms with van der Waals surface area (Å²) in [5, 5.41) is 18.0. The zero-order valence-corrected chi connectivity index (χ0v) is 17.8. The van der Waals surface area contributed by atoms with Gasteiger partial charge >= 0.3 is 5.69 Å². The quantitative estimate of drug-likeness (QED) is 0.374. The topological polar surface area (TPSA) is 130 Å². The number of nitro groups is 1. The van der Waals surface area contributed by atoms with E-state index in [2.05, 4.69) is 20.6 Å². The number of methoxy groups -OCH3 is 2. The Labute approximate surface area is 187 Å². The minimum absolute atomic E-state index is 0.0299. The Morgan fingerprint density at radius 1 is 1.09 bits per heavy atom. The molecule has 3 aromatic rings. The van der Waals surface area contributed by atoms with Gasteiger partial charge in [-0.3, -0.25) is 10.1 Å². The molecular weight excluding hydrogens is 442 g/mol. The third-order valence-corrected chi connectivity index (χ3v) is 4.92. The van der Waals surface area contributed by atoms with Crippen molar-refractivity contribution in [1.29, 1.82) is 0 Å². The number of ether oxygens (including phenoxy) is 4. The Morgan fingerprint density at radius 3 is 2.59 bits per heavy atom. The van der Waals surface area contributed by atoms with E-state index in [4.69, 9.17) is 30.5 Å². The fourth-order valence-corrected chi connectivity index (χ4v) is 3.34. The van der Waals surface area contributed by atoms with Crippen molar-refractivity contribution in [3.63, 3.8) is 0 Å². The SMILES string of the molecule is COc1cc(OC)c(Nc2ncnc(NCc3ccc4c(c3)OCO4)c2[N+](=O)[O-])cc1Cl. The Morgan fingerprint density at radius 2 is 1.84 bits per heavy atom. The molecule has 1 aromatic heterocycles. The molecule has 4 rings (SSSR count). The fourth-order valence-electron chi connectivity index (χ4n) is 3.09. The summed E-state index contributed by atoms with van der Waals surface area (Å²) in [6, 6.07) is 8.50. The lowest BCUT2D eigenvalue weighted by Gasteiger charge is -2.14. The normalized spacial score (nSPS) is 11.7. The van der Waals surface area contributed by atoms with Crippen LogP contribution in [0, 0.1) is 10.1 Å². The van der Waals surface area contributed by atoms with E-state index in [1.165, 1.54) is 26.6 Å². The van der Waals surface area contributed by atoms with Crippen LogP contribution in [0.5, 0.6) is 23.0 Å². The van der Waals surface area contributed by atoms with Crippen LogP contribution in [0.1, 0.15) is 5.56 Å². The lowest BCUT2D eigenvalue weighted by atomic mass is 10.2. The van der Waals surface area contributed by atoms with Crippen molar-refractivity contribution >= 4 is 34.6 Å². The first-order valence-corrected chi connectivity index (χ1v) is 9.68. The van der Waals surface area contributed by atoms with Gasteiger partial charge in [-0.25, -0.2) is 9.97 Å². The van der Waals surface area contributed by atoms with Crippen LogP contribution in [0.2, 0.25) is 5.02 Å². The first-order chi connectivity index (χ1) is 15.5. The molecule has 0 bridgehead atoms. The van der Waals surface area contributed by atoms with Gasteiger partial charge in [0, 0.05) is 12.6 Å². The van der Waals surface area contributed by atoms with Gasteiger partial charge in [-0.2, -0.15) is 0 Å². The Hall–Kier alpha value is -3.99. The highest BCUT2D eigenvalue weighted by Gasteiger charge is 2.24. The monoisotopic (exact) mass is 459 g/mol. The van der Waals surface area contributed by atoms with Crippen LogP contribution in [0.15, 0.2) is 36.7 Å². The van der Waals surface area contributed by atoms with Crippen LogP contribution in [0.25, 0.3) is 0 Å². The molecule has 0 aliphatic carbocycles. The maximum Gasteiger partial charge on any atom is 0.353 e. The molecule has 1 aliphatic rings. The summed E-state index contributed by atoms with van der Waals surface area (Å²) in [6.45, 7) is 0.434. The largest absolute Gasteiger partial charge is 0.495 e. The lowest BCUT2D eigenvalue weighted by molar-refractivity contribution is -0.383. The molecule has 0 saturated carbocycles. The number of hydrogen-bond donors (Lipinski definition) is 2. The van der Waals surface area contributed by atoms with E-state index in [1.54, 1.807) is 18.2 Å². The number of hydrogen-bond acceptors (Lipinski definition) is 10. The van der Waals surface area contributed by atoms with Crippen molar-refractivity contribution in [3.05, 3.63) is 57.4 Å². The summed E-state index contributed by atoms with van der Waals surface area (Å²) < 4.78 is 21.2. The van der Waals surface area contributed by atoms with E-state index in [-0.39, 0.29) is 30.7 Å². The first-order valence-electron chi connectivity index (χ1n) is 9.30. The summed E-state index contributed by atoms with van der Waals surface area (Å²) in [7, 11) is 2.93. The van der Waals surface area contributed by atoms with Gasteiger partial charge in [0.25, 0.3) is 0 Å². The van der Waals surface area contributed by atoms with E-state index in [1.807, 2.05) is 6.07 Å². The molecular formula is C20H18ClN5O6. The zero-order valence-electron chi connectivity index (χ0n) is 17.0. The minimum atomic E-state index is -0.568. The third-order valence-electron chi connectivity index (χ3n) is 4.63. The molecule has 2 N–H and O–H groups in total. The highest BCUT2D eigenvalue weighted by Crippen LogP contribution is 2.39. The lowest BCUT2D eigenvalue weighted by Crippen LogP contribution is -2.08. The van der Waals surface area contributed by atoms with Gasteiger partial charge < -0.3 is 29.6 Å². The summed E-state index contributed by atoms with van der Waals surface area (Å²) in [5.41, 5.74) is 0.879. The number of benzene rings is 2. The van der Waals surface area contributed by atoms with E-state index in [0.29, 0.717) is 33.7 Å². The average molecular weight is 460 g/mol. The van der Waals surface area contributed by atoms with Crippen LogP contribution in [-0.4, -0.2) is 35.9 Å². The molecule has 0 atom stereocenters. The van der Waals surface area contributed by atoms with E-state index >= 15 is 0 Å². The predicted molar refractivity (Wildman–Crippen MR) is 116 cm³/mol. The number of anilines is 3. The van der Waals surface area contributed by atoms with Crippen molar-refractivity contribution in [1.82, 2.24) is 9.97 Å². The van der Waals surface area contributed by atoms with Crippen molar-refractivity contribution in [3.8, 4) is 23.0 Å². The van der Waals surface area contributed by atoms with Crippen LogP contribution in [0.4, 0.5) is 23.0 Å². The van der Waals surface area contributed by atoms with E-state index < -0.39 is 4.92 Å². The molecule has 32 heavy (non-hydrogen) atoms. The van der Waals surface area contributed by atoms with Crippen molar-refractivity contribution in [2.24, 2.45) is 0 Å². The van der Waals surface area contributed by atoms with Gasteiger partial charge in [0.1, 0.15) is 17.8 Å². The molecule has 12 heteroatoms. The molecule has 0 fully saturated rings. The second kappa shape index (κ2) is 9.02. The average Bonchev–Trinajstić information content (AvgIpc) is 3.25. The number of fused-ring (bicyclic) bond motifs is 1. The number of nitrogens with one attached hydrogen (secondary N) is 2. The van der Waals surface area contributed by atoms with Crippen LogP contribution >= 0.6 is 11.6 Å². The van der Waals surface area contributed by atoms with Crippen LogP contribution in [-0.2, 0) is 6.54 Å². The van der Waals surface area contributed by atoms with Gasteiger partial charge in [-0.1, -0.05) is 17.7 Å². The molecule has 0 unspecified atom stereocenters. The summed E-state index contributed by atoms with van der Waals surface area (Å²) in [6.07, 6.45) is 1.22. The molecule has 0 radical (unpaired) electrons. The highest BCUT2D eigenvalue weighted by molar-refractivity contribution is 6.32. The van der Waals surface area contributed by atoms with E-state index in [0.717, 1.165) is 5.56 Å². The maximum atomic E-state index is 11.9. The molecule has 0 spiro atoms. The Bertz CT molecular complexity index is 1180. The van der Waals surface area contributed by atoms with Crippen LogP contribution in [0.3, 0.4) is 0 Å². The second-order valence-electron chi connectivity index (χ2n) is 6.53. The summed E-state index contributed by atoms with van der Waals surface area (Å²) >= 11 is 6.20. The third kappa shape index (κ3) is 4.23. The molecule has 11 nitrogen and oxygen atoms in total. The smallest absolute Gasteiger partial charge is 0.353 e. The molecule has 0 amide bonds. The van der Waals surface area contributed by atoms with Gasteiger partial charge in [0.05, 0.1) is 29.9 Å². The zero-order chi connectivity index (χ0) is 22.7. The molecule has 2 aromatic carbocycles. The molecule has 1 aliphatic heterocycles. The van der Waals surface area contributed by atoms with E-state index in [9.17, 15) is 10.1 Å². The summed E-state index contributed by atoms with van der Waals surface area (Å²) in [5.74, 6) is 2.06. The Balaban J connectivity index is 1.61. The standard InChI is InChI=1S/C20H18ClN5O6/c1-29-15-7-16(30-2)13(6-12(15)21)25-20-18(26(27)28)19(23-9-24-20)22-8-11-3-4-14-17(5-11)32-10-31-14/h3-7,9H,8,10H2,1-2H3,(H2,22,23,24,25). The fraction of sp³-hybridized carbons (Fsp3) is 0.200. The summed E-state index contributed by atoms with van der Waals surface area (Å²) in [4.78, 5) is 19.4. The number of rotatable bonds is 8. The molecule has 0 saturated heterocycles. The van der Waals surface area contributed by atoms with Gasteiger partial charge in [-0.15, -0.1) is 0 Å². The second-order valence-corrected chi connectivity index (χ2v) is 6.94. The van der Waals surface area contributed by atoms with Gasteiger partial charge in [-0.05, 0) is 23.8 Å². The van der Waals surface area contributed by atoms with Crippen molar-refractivity contribution < 1.29 is 23.9 Å². The predicted octanol–water partition coefficient (Wildman–Crippen LogP) is 4.14. The van der Waals surface area contributed by atoms with Crippen LogP contribution < -0.4 is 29.6 Å². The van der Waals surface area contributed by atoms with Crippen molar-refractivity contribution in [2.75, 3.05) is 31.6 Å². The Kier molecular flexibility index (Phi) is 5.99. The number of aromatic nitrogens is 2. The van der Waals surface area contributed by atoms with Gasteiger partial charge in [0.15, 0.2) is 11.5 Å². The minimum Gasteiger partial charge on any atom is -0.495 e. The molecule has 2 heterocycles.